The molecule has 0 saturated heterocycles. The first-order valence-electron chi connectivity index (χ1n) is 12.3. The average molecular weight is 545 g/mol. The lowest BCUT2D eigenvalue weighted by Gasteiger charge is -2.13. The van der Waals surface area contributed by atoms with Crippen molar-refractivity contribution < 1.29 is 19.4 Å². The van der Waals surface area contributed by atoms with Gasteiger partial charge >= 0.3 is 6.09 Å². The van der Waals surface area contributed by atoms with Crippen molar-refractivity contribution in [3.05, 3.63) is 66.9 Å². The minimum absolute atomic E-state index is 0.0532. The summed E-state index contributed by atoms with van der Waals surface area (Å²) in [5, 5.41) is 20.9. The topological polar surface area (TPSA) is 131 Å². The number of carbonyl (C=O) groups is 2. The fourth-order valence-electron chi connectivity index (χ4n) is 4.16. The van der Waals surface area contributed by atoms with Crippen LogP contribution >= 0.6 is 11.6 Å². The number of carboxylic acid groups (broad SMARTS) is 1. The predicted octanol–water partition coefficient (Wildman–Crippen LogP) is 6.27. The highest BCUT2D eigenvalue weighted by atomic mass is 35.5. The molecular weight excluding hydrogens is 520 g/mol. The lowest BCUT2D eigenvalue weighted by atomic mass is 10.1. The summed E-state index contributed by atoms with van der Waals surface area (Å²) >= 11 is 5.80. The molecule has 2 aromatic heterocycles. The Morgan fingerprint density at radius 3 is 2.72 bits per heavy atom. The molecule has 1 amide bonds. The van der Waals surface area contributed by atoms with E-state index in [2.05, 4.69) is 15.7 Å². The maximum atomic E-state index is 12.1. The number of aromatic nitrogens is 4. The van der Waals surface area contributed by atoms with Gasteiger partial charge in [0.2, 0.25) is 5.91 Å². The fourth-order valence-corrected chi connectivity index (χ4v) is 4.24. The Morgan fingerprint density at radius 2 is 1.92 bits per heavy atom. The monoisotopic (exact) mass is 544 g/mol. The molecule has 11 heteroatoms. The second-order valence-electron chi connectivity index (χ2n) is 8.73. The molecule has 0 unspecified atom stereocenters. The number of carbonyl (C=O) groups excluding carboxylic acids is 1. The molecule has 198 valence electrons. The van der Waals surface area contributed by atoms with Crippen molar-refractivity contribution in [2.24, 2.45) is 0 Å². The van der Waals surface area contributed by atoms with E-state index < -0.39 is 6.09 Å². The van der Waals surface area contributed by atoms with E-state index in [-0.39, 0.29) is 5.91 Å². The number of anilines is 3. The largest absolute Gasteiger partial charge is 0.492 e. The van der Waals surface area contributed by atoms with E-state index in [1.807, 2.05) is 49.4 Å². The fraction of sp³-hybridized carbons (Fsp3) is 0.179. The third-order valence-corrected chi connectivity index (χ3v) is 6.06. The maximum Gasteiger partial charge on any atom is 0.432 e. The van der Waals surface area contributed by atoms with Crippen LogP contribution in [0.15, 0.2) is 66.9 Å². The summed E-state index contributed by atoms with van der Waals surface area (Å²) in [5.74, 6) is 1.92. The van der Waals surface area contributed by atoms with Crippen LogP contribution in [0.25, 0.3) is 33.2 Å². The Labute approximate surface area is 228 Å². The van der Waals surface area contributed by atoms with Crippen LogP contribution in [-0.2, 0) is 4.79 Å². The summed E-state index contributed by atoms with van der Waals surface area (Å²) in [4.78, 5) is 33.1. The molecule has 2 heterocycles. The number of amides is 1. The van der Waals surface area contributed by atoms with Crippen LogP contribution in [0.4, 0.5) is 22.0 Å². The highest BCUT2D eigenvalue weighted by Gasteiger charge is 2.14. The zero-order valence-electron chi connectivity index (χ0n) is 21.0. The molecule has 5 aromatic rings. The van der Waals surface area contributed by atoms with Crippen molar-refractivity contribution in [3.8, 4) is 17.1 Å². The predicted molar refractivity (Wildman–Crippen MR) is 151 cm³/mol. The molecule has 0 aliphatic heterocycles. The SMILES string of the molecule is CCCC(=O)Nc1cccc(-c2nc(Nc3ccc4c(cnn4C(=O)O)c3)c3cc(OCCCl)ccc3n2)c1. The summed E-state index contributed by atoms with van der Waals surface area (Å²) in [7, 11) is 0. The normalized spacial score (nSPS) is 11.0. The van der Waals surface area contributed by atoms with Gasteiger partial charge in [-0.2, -0.15) is 9.78 Å². The number of nitrogens with zero attached hydrogens (tertiary/aromatic N) is 4. The van der Waals surface area contributed by atoms with Gasteiger partial charge in [-0.15, -0.1) is 11.6 Å². The molecule has 39 heavy (non-hydrogen) atoms. The van der Waals surface area contributed by atoms with Gasteiger partial charge < -0.3 is 20.5 Å². The number of benzene rings is 3. The molecule has 0 fully saturated rings. The highest BCUT2D eigenvalue weighted by molar-refractivity contribution is 6.18. The number of alkyl halides is 1. The summed E-state index contributed by atoms with van der Waals surface area (Å²) in [6, 6.07) is 18.1. The third-order valence-electron chi connectivity index (χ3n) is 5.91. The molecule has 0 saturated carbocycles. The molecule has 0 atom stereocenters. The smallest absolute Gasteiger partial charge is 0.432 e. The summed E-state index contributed by atoms with van der Waals surface area (Å²) in [5.41, 5.74) is 3.23. The summed E-state index contributed by atoms with van der Waals surface area (Å²) in [6.45, 7) is 2.31. The van der Waals surface area contributed by atoms with E-state index >= 15 is 0 Å². The molecule has 10 nitrogen and oxygen atoms in total. The molecule has 0 aliphatic carbocycles. The van der Waals surface area contributed by atoms with Crippen molar-refractivity contribution >= 4 is 62.6 Å². The van der Waals surface area contributed by atoms with Crippen LogP contribution in [0, 0.1) is 0 Å². The van der Waals surface area contributed by atoms with Gasteiger partial charge in [0.1, 0.15) is 18.2 Å². The average Bonchev–Trinajstić information content (AvgIpc) is 3.36. The van der Waals surface area contributed by atoms with Crippen LogP contribution in [0.3, 0.4) is 0 Å². The summed E-state index contributed by atoms with van der Waals surface area (Å²) < 4.78 is 6.64. The number of rotatable bonds is 9. The van der Waals surface area contributed by atoms with Crippen LogP contribution in [0.5, 0.6) is 5.75 Å². The van der Waals surface area contributed by atoms with E-state index in [4.69, 9.17) is 26.3 Å². The van der Waals surface area contributed by atoms with E-state index in [0.717, 1.165) is 22.1 Å². The third kappa shape index (κ3) is 5.75. The zero-order valence-corrected chi connectivity index (χ0v) is 21.8. The number of halogens is 1. The Hall–Kier alpha value is -4.70. The van der Waals surface area contributed by atoms with E-state index in [1.165, 1.54) is 6.20 Å². The first-order valence-corrected chi connectivity index (χ1v) is 12.9. The van der Waals surface area contributed by atoms with E-state index in [0.29, 0.717) is 64.1 Å². The van der Waals surface area contributed by atoms with E-state index in [1.54, 1.807) is 18.2 Å². The van der Waals surface area contributed by atoms with Gasteiger partial charge in [-0.25, -0.2) is 14.8 Å². The minimum Gasteiger partial charge on any atom is -0.492 e. The van der Waals surface area contributed by atoms with E-state index in [9.17, 15) is 14.7 Å². The van der Waals surface area contributed by atoms with Gasteiger partial charge in [0.05, 0.1) is 23.1 Å². The lowest BCUT2D eigenvalue weighted by Crippen LogP contribution is -2.10. The van der Waals surface area contributed by atoms with Crippen molar-refractivity contribution in [2.45, 2.75) is 19.8 Å². The van der Waals surface area contributed by atoms with Crippen LogP contribution in [0.1, 0.15) is 19.8 Å². The molecule has 0 bridgehead atoms. The van der Waals surface area contributed by atoms with Gasteiger partial charge in [0, 0.05) is 34.1 Å². The Bertz CT molecular complexity index is 1690. The Balaban J connectivity index is 1.56. The van der Waals surface area contributed by atoms with Crippen LogP contribution in [0.2, 0.25) is 0 Å². The molecule has 0 radical (unpaired) electrons. The highest BCUT2D eigenvalue weighted by Crippen LogP contribution is 2.32. The first-order chi connectivity index (χ1) is 18.9. The zero-order chi connectivity index (χ0) is 27.4. The van der Waals surface area contributed by atoms with Crippen molar-refractivity contribution in [1.82, 2.24) is 19.7 Å². The molecule has 0 aliphatic rings. The molecule has 3 N–H and O–H groups in total. The maximum absolute atomic E-state index is 12.1. The standard InChI is InChI=1S/C28H25ClN6O4/c1-2-4-25(36)31-19-6-3-5-17(13-19)26-33-23-9-8-21(39-12-11-29)15-22(23)27(34-26)32-20-7-10-24-18(14-20)16-30-35(24)28(37)38/h3,5-10,13-16H,2,4,11-12H2,1H3,(H,31,36)(H,37,38)(H,32,33,34). The minimum atomic E-state index is -1.16. The second kappa shape index (κ2) is 11.4. The number of hydrogen-bond acceptors (Lipinski definition) is 7. The number of nitrogens with one attached hydrogen (secondary N) is 2. The molecule has 5 rings (SSSR count). The number of fused-ring (bicyclic) bond motifs is 2. The van der Waals surface area contributed by atoms with Crippen molar-refractivity contribution in [1.29, 1.82) is 0 Å². The second-order valence-corrected chi connectivity index (χ2v) is 9.11. The van der Waals surface area contributed by atoms with Gasteiger partial charge in [-0.3, -0.25) is 4.79 Å². The molecular formula is C28H25ClN6O4. The lowest BCUT2D eigenvalue weighted by molar-refractivity contribution is -0.116. The Morgan fingerprint density at radius 1 is 1.05 bits per heavy atom. The van der Waals surface area contributed by atoms with Gasteiger partial charge in [0.15, 0.2) is 5.82 Å². The summed E-state index contributed by atoms with van der Waals surface area (Å²) in [6.07, 6.45) is 1.53. The number of ether oxygens (including phenoxy) is 1. The van der Waals surface area contributed by atoms with Crippen LogP contribution in [-0.4, -0.2) is 49.3 Å². The molecule has 3 aromatic carbocycles. The van der Waals surface area contributed by atoms with Gasteiger partial charge in [-0.1, -0.05) is 19.1 Å². The van der Waals surface area contributed by atoms with Crippen molar-refractivity contribution in [3.63, 3.8) is 0 Å². The Kier molecular flexibility index (Phi) is 7.55. The first kappa shape index (κ1) is 25.9. The van der Waals surface area contributed by atoms with Crippen LogP contribution < -0.4 is 15.4 Å². The molecule has 0 spiro atoms. The number of hydrogen-bond donors (Lipinski definition) is 3. The van der Waals surface area contributed by atoms with Crippen molar-refractivity contribution in [2.75, 3.05) is 23.1 Å². The quantitative estimate of drug-likeness (QED) is 0.185. The van der Waals surface area contributed by atoms with Gasteiger partial charge in [0.25, 0.3) is 0 Å². The van der Waals surface area contributed by atoms with Gasteiger partial charge in [-0.05, 0) is 55.0 Å².